The Bertz CT molecular complexity index is 878. The van der Waals surface area contributed by atoms with Crippen molar-refractivity contribution in [3.05, 3.63) is 54.3 Å². The lowest BCUT2D eigenvalue weighted by molar-refractivity contribution is 0.598. The molecule has 2 aromatic carbocycles. The summed E-state index contributed by atoms with van der Waals surface area (Å²) in [7, 11) is 0. The molecule has 1 heterocycles. The number of piperazine rings is 1. The van der Waals surface area contributed by atoms with E-state index in [-0.39, 0.29) is 17.4 Å². The fourth-order valence-corrected chi connectivity index (χ4v) is 2.93. The molecule has 0 bridgehead atoms. The van der Waals surface area contributed by atoms with Gasteiger partial charge in [-0.3, -0.25) is 10.8 Å². The van der Waals surface area contributed by atoms with E-state index in [1.165, 1.54) is 6.07 Å². The minimum Gasteiger partial charge on any atom is -0.382 e. The molecule has 8 heteroatoms. The van der Waals surface area contributed by atoms with Crippen LogP contribution < -0.4 is 21.0 Å². The molecule has 1 fully saturated rings. The molecular weight excluding hydrogens is 345 g/mol. The normalized spacial score (nSPS) is 14.6. The van der Waals surface area contributed by atoms with Crippen molar-refractivity contribution < 1.29 is 4.39 Å². The summed E-state index contributed by atoms with van der Waals surface area (Å²) in [6.07, 6.45) is 0. The molecule has 1 aliphatic heterocycles. The molecule has 2 aromatic rings. The number of rotatable bonds is 5. The summed E-state index contributed by atoms with van der Waals surface area (Å²) in [6.45, 7) is 3.08. The minimum atomic E-state index is -0.380. The molecule has 0 spiro atoms. The molecule has 1 saturated heterocycles. The molecule has 0 aliphatic carbocycles. The summed E-state index contributed by atoms with van der Waals surface area (Å²) < 4.78 is 13.9. The van der Waals surface area contributed by atoms with Crippen LogP contribution in [0.15, 0.2) is 53.6 Å². The van der Waals surface area contributed by atoms with Crippen molar-refractivity contribution in [3.8, 4) is 6.07 Å². The largest absolute Gasteiger partial charge is 0.382 e. The molecular formula is C19H20FN7. The van der Waals surface area contributed by atoms with Crippen LogP contribution in [0.25, 0.3) is 0 Å². The van der Waals surface area contributed by atoms with Crippen LogP contribution in [-0.4, -0.2) is 37.7 Å². The predicted molar refractivity (Wildman–Crippen MR) is 106 cm³/mol. The maximum absolute atomic E-state index is 13.9. The van der Waals surface area contributed by atoms with Gasteiger partial charge in [0.1, 0.15) is 11.9 Å². The van der Waals surface area contributed by atoms with Crippen molar-refractivity contribution in [2.45, 2.75) is 0 Å². The molecule has 138 valence electrons. The zero-order valence-corrected chi connectivity index (χ0v) is 14.7. The van der Waals surface area contributed by atoms with Gasteiger partial charge in [0.2, 0.25) is 5.71 Å². The van der Waals surface area contributed by atoms with Gasteiger partial charge in [-0.1, -0.05) is 12.1 Å². The van der Waals surface area contributed by atoms with E-state index in [1.54, 1.807) is 12.1 Å². The number of benzene rings is 2. The van der Waals surface area contributed by atoms with E-state index in [1.807, 2.05) is 36.4 Å². The summed E-state index contributed by atoms with van der Waals surface area (Å²) in [5.74, 6) is -0.571. The standard InChI is InChI=1S/C19H20FN7/c20-16-3-1-2-4-18(16)27-11-9-26(10-12-27)15-7-5-14(6-8-15)24-25-17(13-21)19(22)23/h1-8,24H,9-12H2,(H3,22,23)/b25-17+. The zero-order chi connectivity index (χ0) is 19.2. The second kappa shape index (κ2) is 8.19. The topological polar surface area (TPSA) is 105 Å². The summed E-state index contributed by atoms with van der Waals surface area (Å²) in [6, 6.07) is 16.2. The fraction of sp³-hybridized carbons (Fsp3) is 0.211. The van der Waals surface area contributed by atoms with E-state index in [0.717, 1.165) is 31.9 Å². The van der Waals surface area contributed by atoms with Gasteiger partial charge in [0.05, 0.1) is 11.4 Å². The minimum absolute atomic E-state index is 0.164. The highest BCUT2D eigenvalue weighted by atomic mass is 19.1. The second-order valence-corrected chi connectivity index (χ2v) is 6.07. The number of nitrogens with two attached hydrogens (primary N) is 1. The average Bonchev–Trinajstić information content (AvgIpc) is 2.69. The van der Waals surface area contributed by atoms with Gasteiger partial charge in [-0.05, 0) is 36.4 Å². The Morgan fingerprint density at radius 2 is 1.70 bits per heavy atom. The number of nitrogens with zero attached hydrogens (tertiary/aromatic N) is 4. The first-order valence-corrected chi connectivity index (χ1v) is 8.51. The number of hydrazone groups is 1. The van der Waals surface area contributed by atoms with E-state index < -0.39 is 0 Å². The van der Waals surface area contributed by atoms with Crippen molar-refractivity contribution in [1.82, 2.24) is 0 Å². The quantitative estimate of drug-likeness (QED) is 0.429. The number of amidine groups is 1. The highest BCUT2D eigenvalue weighted by Crippen LogP contribution is 2.23. The highest BCUT2D eigenvalue weighted by molar-refractivity contribution is 6.45. The summed E-state index contributed by atoms with van der Waals surface area (Å²) in [5, 5.41) is 19.9. The van der Waals surface area contributed by atoms with Gasteiger partial charge in [-0.25, -0.2) is 4.39 Å². The smallest absolute Gasteiger partial charge is 0.201 e. The number of halogens is 1. The molecule has 7 nitrogen and oxygen atoms in total. The van der Waals surface area contributed by atoms with Crippen molar-refractivity contribution in [3.63, 3.8) is 0 Å². The maximum Gasteiger partial charge on any atom is 0.201 e. The summed E-state index contributed by atoms with van der Waals surface area (Å²) in [4.78, 5) is 4.29. The van der Waals surface area contributed by atoms with Gasteiger partial charge in [0.25, 0.3) is 0 Å². The monoisotopic (exact) mass is 365 g/mol. The predicted octanol–water partition coefficient (Wildman–Crippen LogP) is 2.38. The molecule has 0 radical (unpaired) electrons. The Morgan fingerprint density at radius 3 is 2.30 bits per heavy atom. The van der Waals surface area contributed by atoms with Crippen LogP contribution in [0.3, 0.4) is 0 Å². The van der Waals surface area contributed by atoms with E-state index in [9.17, 15) is 4.39 Å². The molecule has 1 aliphatic rings. The lowest BCUT2D eigenvalue weighted by Crippen LogP contribution is -2.46. The van der Waals surface area contributed by atoms with Crippen LogP contribution in [0.1, 0.15) is 0 Å². The van der Waals surface area contributed by atoms with Gasteiger partial charge in [0, 0.05) is 31.9 Å². The molecule has 0 saturated carbocycles. The SMILES string of the molecule is N#C/C(=N\Nc1ccc(N2CCN(c3ccccc3F)CC2)cc1)C(=N)N. The second-order valence-electron chi connectivity index (χ2n) is 6.07. The van der Waals surface area contributed by atoms with Crippen LogP contribution in [0.2, 0.25) is 0 Å². The van der Waals surface area contributed by atoms with Crippen LogP contribution in [0.4, 0.5) is 21.5 Å². The Labute approximate surface area is 157 Å². The molecule has 0 atom stereocenters. The maximum atomic E-state index is 13.9. The third kappa shape index (κ3) is 4.33. The third-order valence-electron chi connectivity index (χ3n) is 4.36. The number of hydrogen-bond donors (Lipinski definition) is 3. The van der Waals surface area contributed by atoms with Crippen molar-refractivity contribution in [2.24, 2.45) is 10.8 Å². The van der Waals surface area contributed by atoms with Gasteiger partial charge in [-0.2, -0.15) is 10.4 Å². The fourth-order valence-electron chi connectivity index (χ4n) is 2.93. The first-order valence-electron chi connectivity index (χ1n) is 8.51. The van der Waals surface area contributed by atoms with E-state index >= 15 is 0 Å². The number of nitriles is 1. The molecule has 27 heavy (non-hydrogen) atoms. The Hall–Kier alpha value is -3.60. The van der Waals surface area contributed by atoms with E-state index in [2.05, 4.69) is 20.3 Å². The number of anilines is 3. The Kier molecular flexibility index (Phi) is 5.52. The number of para-hydroxylation sites is 1. The third-order valence-corrected chi connectivity index (χ3v) is 4.36. The summed E-state index contributed by atoms with van der Waals surface area (Å²) in [5.41, 5.74) is 10.2. The first-order chi connectivity index (χ1) is 13.1. The van der Waals surface area contributed by atoms with Crippen LogP contribution >= 0.6 is 0 Å². The average molecular weight is 365 g/mol. The van der Waals surface area contributed by atoms with Crippen molar-refractivity contribution in [1.29, 1.82) is 10.7 Å². The lowest BCUT2D eigenvalue weighted by Gasteiger charge is -2.37. The Balaban J connectivity index is 1.60. The van der Waals surface area contributed by atoms with Crippen molar-refractivity contribution in [2.75, 3.05) is 41.4 Å². The molecule has 3 rings (SSSR count). The zero-order valence-electron chi connectivity index (χ0n) is 14.7. The van der Waals surface area contributed by atoms with Gasteiger partial charge in [0.15, 0.2) is 5.84 Å². The van der Waals surface area contributed by atoms with E-state index in [0.29, 0.717) is 11.4 Å². The van der Waals surface area contributed by atoms with Gasteiger partial charge in [-0.15, -0.1) is 0 Å². The Morgan fingerprint density at radius 1 is 1.07 bits per heavy atom. The number of hydrogen-bond acceptors (Lipinski definition) is 6. The van der Waals surface area contributed by atoms with Gasteiger partial charge >= 0.3 is 0 Å². The molecule has 0 amide bonds. The first kappa shape index (κ1) is 18.2. The van der Waals surface area contributed by atoms with E-state index in [4.69, 9.17) is 16.4 Å². The lowest BCUT2D eigenvalue weighted by atomic mass is 10.2. The molecule has 4 N–H and O–H groups in total. The van der Waals surface area contributed by atoms with Crippen LogP contribution in [-0.2, 0) is 0 Å². The number of nitrogens with one attached hydrogen (secondary N) is 2. The highest BCUT2D eigenvalue weighted by Gasteiger charge is 2.19. The molecule has 0 unspecified atom stereocenters. The van der Waals surface area contributed by atoms with Crippen molar-refractivity contribution >= 4 is 28.6 Å². The summed E-state index contributed by atoms with van der Waals surface area (Å²) >= 11 is 0. The molecule has 0 aromatic heterocycles. The van der Waals surface area contributed by atoms with Gasteiger partial charge < -0.3 is 15.5 Å². The van der Waals surface area contributed by atoms with Crippen LogP contribution in [0.5, 0.6) is 0 Å². The van der Waals surface area contributed by atoms with Crippen LogP contribution in [0, 0.1) is 22.6 Å².